The number of esters is 1. The first-order chi connectivity index (χ1) is 14.1. The summed E-state index contributed by atoms with van der Waals surface area (Å²) in [4.78, 5) is 36.8. The van der Waals surface area contributed by atoms with Crippen molar-refractivity contribution in [1.29, 1.82) is 0 Å². The molecule has 1 heterocycles. The molecule has 0 aliphatic heterocycles. The fraction of sp³-hybridized carbons (Fsp3) is 0.0952. The van der Waals surface area contributed by atoms with Crippen molar-refractivity contribution < 1.29 is 23.9 Å². The average Bonchev–Trinajstić information content (AvgIpc) is 3.20. The SMILES string of the molecule is COC(=O)c1sccc1NC(=O)COc1ccccc1C(=O)Nc1ccccc1. The molecule has 0 spiro atoms. The molecule has 0 fully saturated rings. The van der Waals surface area contributed by atoms with Crippen molar-refractivity contribution in [3.8, 4) is 5.75 Å². The Morgan fingerprint density at radius 3 is 2.41 bits per heavy atom. The molecule has 0 saturated heterocycles. The molecule has 1 aromatic heterocycles. The van der Waals surface area contributed by atoms with Crippen LogP contribution in [0.15, 0.2) is 66.0 Å². The third kappa shape index (κ3) is 5.20. The van der Waals surface area contributed by atoms with E-state index < -0.39 is 11.9 Å². The van der Waals surface area contributed by atoms with E-state index in [1.165, 1.54) is 7.11 Å². The van der Waals surface area contributed by atoms with Crippen LogP contribution in [0.3, 0.4) is 0 Å². The molecule has 0 radical (unpaired) electrons. The van der Waals surface area contributed by atoms with Crippen LogP contribution in [0.2, 0.25) is 0 Å². The Morgan fingerprint density at radius 1 is 0.931 bits per heavy atom. The van der Waals surface area contributed by atoms with Crippen molar-refractivity contribution in [3.05, 3.63) is 76.5 Å². The minimum atomic E-state index is -0.529. The van der Waals surface area contributed by atoms with Crippen LogP contribution >= 0.6 is 11.3 Å². The van der Waals surface area contributed by atoms with Gasteiger partial charge in [0.05, 0.1) is 18.4 Å². The first-order valence-corrected chi connectivity index (χ1v) is 9.50. The van der Waals surface area contributed by atoms with Crippen molar-refractivity contribution in [3.63, 3.8) is 0 Å². The van der Waals surface area contributed by atoms with E-state index in [4.69, 9.17) is 4.74 Å². The van der Waals surface area contributed by atoms with E-state index in [9.17, 15) is 14.4 Å². The zero-order valence-corrected chi connectivity index (χ0v) is 16.3. The monoisotopic (exact) mass is 410 g/mol. The maximum absolute atomic E-state index is 12.5. The molecule has 29 heavy (non-hydrogen) atoms. The molecule has 2 aromatic carbocycles. The van der Waals surface area contributed by atoms with Crippen molar-refractivity contribution in [2.75, 3.05) is 24.4 Å². The molecule has 3 rings (SSSR count). The number of carbonyl (C=O) groups excluding carboxylic acids is 3. The molecule has 0 aliphatic carbocycles. The molecule has 2 N–H and O–H groups in total. The van der Waals surface area contributed by atoms with Gasteiger partial charge in [-0.25, -0.2) is 4.79 Å². The van der Waals surface area contributed by atoms with Gasteiger partial charge in [0.25, 0.3) is 11.8 Å². The van der Waals surface area contributed by atoms with Gasteiger partial charge in [0.15, 0.2) is 6.61 Å². The predicted molar refractivity (Wildman–Crippen MR) is 111 cm³/mol. The summed E-state index contributed by atoms with van der Waals surface area (Å²) in [5.74, 6) is -1.07. The maximum Gasteiger partial charge on any atom is 0.350 e. The number of amides is 2. The van der Waals surface area contributed by atoms with Gasteiger partial charge in [0.2, 0.25) is 0 Å². The van der Waals surface area contributed by atoms with Gasteiger partial charge in [0, 0.05) is 5.69 Å². The highest BCUT2D eigenvalue weighted by Crippen LogP contribution is 2.23. The average molecular weight is 410 g/mol. The minimum Gasteiger partial charge on any atom is -0.483 e. The van der Waals surface area contributed by atoms with Gasteiger partial charge in [-0.05, 0) is 35.7 Å². The Kier molecular flexibility index (Phi) is 6.59. The number of para-hydroxylation sites is 2. The quantitative estimate of drug-likeness (QED) is 0.578. The van der Waals surface area contributed by atoms with Crippen molar-refractivity contribution >= 4 is 40.5 Å². The van der Waals surface area contributed by atoms with Crippen LogP contribution < -0.4 is 15.4 Å². The van der Waals surface area contributed by atoms with Crippen LogP contribution in [-0.4, -0.2) is 31.5 Å². The van der Waals surface area contributed by atoms with Crippen molar-refractivity contribution in [2.24, 2.45) is 0 Å². The number of thiophene rings is 1. The summed E-state index contributed by atoms with van der Waals surface area (Å²) in [5, 5.41) is 7.06. The lowest BCUT2D eigenvalue weighted by atomic mass is 10.2. The van der Waals surface area contributed by atoms with Gasteiger partial charge in [-0.1, -0.05) is 30.3 Å². The number of rotatable bonds is 7. The second-order valence-electron chi connectivity index (χ2n) is 5.81. The molecule has 3 aromatic rings. The lowest BCUT2D eigenvalue weighted by Crippen LogP contribution is -2.22. The number of carbonyl (C=O) groups is 3. The summed E-state index contributed by atoms with van der Waals surface area (Å²) in [6, 6.07) is 17.3. The highest BCUT2D eigenvalue weighted by atomic mass is 32.1. The van der Waals surface area contributed by atoms with Crippen LogP contribution in [0, 0.1) is 0 Å². The fourth-order valence-corrected chi connectivity index (χ4v) is 3.25. The Balaban J connectivity index is 1.64. The number of benzene rings is 2. The highest BCUT2D eigenvalue weighted by molar-refractivity contribution is 7.12. The van der Waals surface area contributed by atoms with Crippen molar-refractivity contribution in [1.82, 2.24) is 0 Å². The van der Waals surface area contributed by atoms with Gasteiger partial charge in [-0.2, -0.15) is 0 Å². The Hall–Kier alpha value is -3.65. The normalized spacial score (nSPS) is 10.1. The Labute approximate surface area is 171 Å². The standard InChI is InChI=1S/C21H18N2O5S/c1-27-21(26)19-16(11-12-29-19)23-18(24)13-28-17-10-6-5-9-15(17)20(25)22-14-7-3-2-4-8-14/h2-12H,13H2,1H3,(H,22,25)(H,23,24). The number of ether oxygens (including phenoxy) is 2. The van der Waals surface area contributed by atoms with Gasteiger partial charge >= 0.3 is 5.97 Å². The largest absolute Gasteiger partial charge is 0.483 e. The third-order valence-electron chi connectivity index (χ3n) is 3.83. The Morgan fingerprint density at radius 2 is 1.66 bits per heavy atom. The summed E-state index contributed by atoms with van der Waals surface area (Å²) >= 11 is 1.16. The van der Waals surface area contributed by atoms with E-state index in [0.29, 0.717) is 21.8 Å². The van der Waals surface area contributed by atoms with Gasteiger partial charge in [0.1, 0.15) is 10.6 Å². The van der Waals surface area contributed by atoms with E-state index in [0.717, 1.165) is 11.3 Å². The molecular weight excluding hydrogens is 392 g/mol. The number of anilines is 2. The van der Waals surface area contributed by atoms with E-state index in [-0.39, 0.29) is 18.3 Å². The lowest BCUT2D eigenvalue weighted by Gasteiger charge is -2.12. The zero-order valence-electron chi connectivity index (χ0n) is 15.5. The predicted octanol–water partition coefficient (Wildman–Crippen LogP) is 3.80. The lowest BCUT2D eigenvalue weighted by molar-refractivity contribution is -0.118. The number of methoxy groups -OCH3 is 1. The number of hydrogen-bond donors (Lipinski definition) is 2. The van der Waals surface area contributed by atoms with Crippen LogP contribution in [0.5, 0.6) is 5.75 Å². The summed E-state index contributed by atoms with van der Waals surface area (Å²) in [5.41, 5.74) is 1.30. The summed E-state index contributed by atoms with van der Waals surface area (Å²) in [6.07, 6.45) is 0. The molecule has 8 heteroatoms. The van der Waals surface area contributed by atoms with Crippen LogP contribution in [-0.2, 0) is 9.53 Å². The maximum atomic E-state index is 12.5. The van der Waals surface area contributed by atoms with E-state index in [1.807, 2.05) is 18.2 Å². The fourth-order valence-electron chi connectivity index (χ4n) is 2.49. The molecule has 0 aliphatic rings. The smallest absolute Gasteiger partial charge is 0.350 e. The van der Waals surface area contributed by atoms with E-state index in [1.54, 1.807) is 47.8 Å². The van der Waals surface area contributed by atoms with Crippen molar-refractivity contribution in [2.45, 2.75) is 0 Å². The van der Waals surface area contributed by atoms with Gasteiger partial charge in [-0.15, -0.1) is 11.3 Å². The Bertz CT molecular complexity index is 1020. The molecule has 2 amide bonds. The highest BCUT2D eigenvalue weighted by Gasteiger charge is 2.17. The van der Waals surface area contributed by atoms with Crippen LogP contribution in [0.25, 0.3) is 0 Å². The molecule has 148 valence electrons. The number of nitrogens with one attached hydrogen (secondary N) is 2. The zero-order chi connectivity index (χ0) is 20.6. The molecule has 0 saturated carbocycles. The molecule has 0 bridgehead atoms. The molecule has 0 atom stereocenters. The second-order valence-corrected chi connectivity index (χ2v) is 6.72. The second kappa shape index (κ2) is 9.52. The minimum absolute atomic E-state index is 0.273. The summed E-state index contributed by atoms with van der Waals surface area (Å²) in [6.45, 7) is -0.327. The van der Waals surface area contributed by atoms with E-state index >= 15 is 0 Å². The first-order valence-electron chi connectivity index (χ1n) is 8.62. The third-order valence-corrected chi connectivity index (χ3v) is 4.73. The summed E-state index contributed by atoms with van der Waals surface area (Å²) < 4.78 is 10.2. The summed E-state index contributed by atoms with van der Waals surface area (Å²) in [7, 11) is 1.27. The van der Waals surface area contributed by atoms with Gasteiger partial charge in [-0.3, -0.25) is 9.59 Å². The van der Waals surface area contributed by atoms with Crippen LogP contribution in [0.4, 0.5) is 11.4 Å². The van der Waals surface area contributed by atoms with Crippen LogP contribution in [0.1, 0.15) is 20.0 Å². The first kappa shape index (κ1) is 20.1. The topological polar surface area (TPSA) is 93.7 Å². The van der Waals surface area contributed by atoms with E-state index in [2.05, 4.69) is 15.4 Å². The molecule has 7 nitrogen and oxygen atoms in total. The molecular formula is C21H18N2O5S. The number of hydrogen-bond acceptors (Lipinski definition) is 6. The van der Waals surface area contributed by atoms with Gasteiger partial charge < -0.3 is 20.1 Å². The molecule has 0 unspecified atom stereocenters.